The van der Waals surface area contributed by atoms with E-state index >= 15 is 0 Å². The van der Waals surface area contributed by atoms with Crippen molar-refractivity contribution >= 4 is 23.3 Å². The van der Waals surface area contributed by atoms with Gasteiger partial charge in [0.2, 0.25) is 0 Å². The molecule has 4 rings (SSSR count). The summed E-state index contributed by atoms with van der Waals surface area (Å²) >= 11 is 1.52. The zero-order valence-corrected chi connectivity index (χ0v) is 15.8. The van der Waals surface area contributed by atoms with Crippen molar-refractivity contribution < 1.29 is 9.59 Å². The van der Waals surface area contributed by atoms with Crippen molar-refractivity contribution in [2.24, 2.45) is 0 Å². The summed E-state index contributed by atoms with van der Waals surface area (Å²) in [6.07, 6.45) is 7.66. The minimum Gasteiger partial charge on any atom is -0.323 e. The lowest BCUT2D eigenvalue weighted by Gasteiger charge is -2.20. The van der Waals surface area contributed by atoms with E-state index in [9.17, 15) is 9.59 Å². The third-order valence-corrected chi connectivity index (χ3v) is 5.94. The minimum absolute atomic E-state index is 0.0444. The Morgan fingerprint density at radius 3 is 2.78 bits per heavy atom. The lowest BCUT2D eigenvalue weighted by Crippen LogP contribution is -2.44. The highest BCUT2D eigenvalue weighted by molar-refractivity contribution is 7.13. The fourth-order valence-electron chi connectivity index (χ4n) is 3.68. The zero-order chi connectivity index (χ0) is 18.7. The maximum Gasteiger partial charge on any atom is 0.325 e. The van der Waals surface area contributed by atoms with Crippen LogP contribution in [0.15, 0.2) is 23.8 Å². The molecule has 0 radical (unpaired) electrons. The smallest absolute Gasteiger partial charge is 0.323 e. The number of carbonyl (C=O) groups excluding carboxylic acids is 2. The van der Waals surface area contributed by atoms with Gasteiger partial charge in [-0.2, -0.15) is 0 Å². The number of nitrogens with zero attached hydrogens (tertiary/aromatic N) is 4. The normalized spacial score (nSPS) is 18.4. The standard InChI is InChI=1S/C18H22N6O2S/c25-16-18(5-1-2-6-18)23-17(26)24(16)10-4-7-19-11-13-12-27-15(22-13)14-20-8-3-9-21-14/h3,8-9,12,19H,1-2,4-7,10-11H2,(H,23,26). The topological polar surface area (TPSA) is 100 Å². The summed E-state index contributed by atoms with van der Waals surface area (Å²) in [5.41, 5.74) is 0.323. The molecule has 8 nitrogen and oxygen atoms in total. The van der Waals surface area contributed by atoms with E-state index in [1.54, 1.807) is 18.5 Å². The molecule has 1 saturated carbocycles. The Morgan fingerprint density at radius 2 is 2.00 bits per heavy atom. The first-order valence-corrected chi connectivity index (χ1v) is 10.1. The molecule has 1 spiro atoms. The monoisotopic (exact) mass is 386 g/mol. The lowest BCUT2D eigenvalue weighted by molar-refractivity contribution is -0.131. The molecule has 0 aromatic carbocycles. The molecule has 0 atom stereocenters. The molecule has 0 bridgehead atoms. The largest absolute Gasteiger partial charge is 0.325 e. The number of carbonyl (C=O) groups is 2. The van der Waals surface area contributed by atoms with Crippen molar-refractivity contribution in [2.45, 2.75) is 44.2 Å². The van der Waals surface area contributed by atoms with Crippen molar-refractivity contribution in [1.29, 1.82) is 0 Å². The molecule has 1 saturated heterocycles. The number of rotatable bonds is 7. The Bertz CT molecular complexity index is 818. The Hall–Kier alpha value is -2.39. The second kappa shape index (κ2) is 7.69. The van der Waals surface area contributed by atoms with Crippen LogP contribution < -0.4 is 10.6 Å². The SMILES string of the molecule is O=C1NC2(CCCC2)C(=O)N1CCCNCc1csc(-c2ncccn2)n1. The van der Waals surface area contributed by atoms with Gasteiger partial charge in [0.1, 0.15) is 5.54 Å². The van der Waals surface area contributed by atoms with Gasteiger partial charge < -0.3 is 10.6 Å². The Labute approximate surface area is 161 Å². The van der Waals surface area contributed by atoms with Crippen molar-refractivity contribution in [1.82, 2.24) is 30.5 Å². The van der Waals surface area contributed by atoms with Crippen LogP contribution in [0.3, 0.4) is 0 Å². The fraction of sp³-hybridized carbons (Fsp3) is 0.500. The Balaban J connectivity index is 1.22. The van der Waals surface area contributed by atoms with Crippen molar-refractivity contribution in [3.63, 3.8) is 0 Å². The number of amides is 3. The minimum atomic E-state index is -0.610. The van der Waals surface area contributed by atoms with Crippen LogP contribution in [0.25, 0.3) is 10.8 Å². The van der Waals surface area contributed by atoms with E-state index in [1.165, 1.54) is 16.2 Å². The predicted octanol–water partition coefficient (Wildman–Crippen LogP) is 1.94. The fourth-order valence-corrected chi connectivity index (χ4v) is 4.44. The Morgan fingerprint density at radius 1 is 1.22 bits per heavy atom. The maximum atomic E-state index is 12.6. The first-order chi connectivity index (χ1) is 13.2. The van der Waals surface area contributed by atoms with E-state index in [2.05, 4.69) is 25.6 Å². The number of aromatic nitrogens is 3. The lowest BCUT2D eigenvalue weighted by atomic mass is 9.98. The van der Waals surface area contributed by atoms with Gasteiger partial charge in [-0.1, -0.05) is 12.8 Å². The summed E-state index contributed by atoms with van der Waals surface area (Å²) in [4.78, 5) is 39.0. The number of urea groups is 1. The molecular formula is C18H22N6O2S. The molecule has 0 unspecified atom stereocenters. The Kier molecular flexibility index (Phi) is 5.13. The highest BCUT2D eigenvalue weighted by Crippen LogP contribution is 2.34. The summed E-state index contributed by atoms with van der Waals surface area (Å²) in [6, 6.07) is 1.54. The third kappa shape index (κ3) is 3.70. The molecule has 2 aromatic rings. The number of hydrogen-bond acceptors (Lipinski definition) is 7. The summed E-state index contributed by atoms with van der Waals surface area (Å²) in [5.74, 6) is 0.588. The van der Waals surface area contributed by atoms with Crippen molar-refractivity contribution in [2.75, 3.05) is 13.1 Å². The number of nitrogens with one attached hydrogen (secondary N) is 2. The molecule has 3 heterocycles. The molecule has 2 N–H and O–H groups in total. The van der Waals surface area contributed by atoms with Crippen molar-refractivity contribution in [3.8, 4) is 10.8 Å². The van der Waals surface area contributed by atoms with Gasteiger partial charge in [-0.25, -0.2) is 19.7 Å². The van der Waals surface area contributed by atoms with Crippen LogP contribution in [0.4, 0.5) is 4.79 Å². The second-order valence-corrected chi connectivity index (χ2v) is 7.78. The van der Waals surface area contributed by atoms with Gasteiger partial charge in [0.15, 0.2) is 10.8 Å². The van der Waals surface area contributed by atoms with Crippen LogP contribution in [-0.4, -0.2) is 50.4 Å². The van der Waals surface area contributed by atoms with Gasteiger partial charge in [-0.15, -0.1) is 11.3 Å². The van der Waals surface area contributed by atoms with Gasteiger partial charge >= 0.3 is 6.03 Å². The van der Waals surface area contributed by atoms with Crippen LogP contribution in [0, 0.1) is 0 Å². The average molecular weight is 386 g/mol. The first kappa shape index (κ1) is 18.0. The maximum absolute atomic E-state index is 12.6. The van der Waals surface area contributed by atoms with E-state index in [4.69, 9.17) is 0 Å². The number of hydrogen-bond donors (Lipinski definition) is 2. The van der Waals surface area contributed by atoms with Crippen LogP contribution in [0.1, 0.15) is 37.8 Å². The van der Waals surface area contributed by atoms with Gasteiger partial charge in [0, 0.05) is 30.9 Å². The van der Waals surface area contributed by atoms with Crippen molar-refractivity contribution in [3.05, 3.63) is 29.5 Å². The highest BCUT2D eigenvalue weighted by Gasteiger charge is 2.51. The van der Waals surface area contributed by atoms with E-state index in [0.29, 0.717) is 31.9 Å². The van der Waals surface area contributed by atoms with E-state index < -0.39 is 5.54 Å². The van der Waals surface area contributed by atoms with Gasteiger partial charge in [0.05, 0.1) is 5.69 Å². The van der Waals surface area contributed by atoms with Gasteiger partial charge in [-0.3, -0.25) is 9.69 Å². The summed E-state index contributed by atoms with van der Waals surface area (Å²) < 4.78 is 0. The zero-order valence-electron chi connectivity index (χ0n) is 15.0. The predicted molar refractivity (Wildman–Crippen MR) is 101 cm³/mol. The summed E-state index contributed by atoms with van der Waals surface area (Å²) in [7, 11) is 0. The molecule has 142 valence electrons. The highest BCUT2D eigenvalue weighted by atomic mass is 32.1. The van der Waals surface area contributed by atoms with E-state index in [1.807, 2.05) is 5.38 Å². The summed E-state index contributed by atoms with van der Waals surface area (Å²) in [5, 5.41) is 9.01. The van der Waals surface area contributed by atoms with Crippen LogP contribution in [0.5, 0.6) is 0 Å². The van der Waals surface area contributed by atoms with Gasteiger partial charge in [-0.05, 0) is 31.9 Å². The van der Waals surface area contributed by atoms with Crippen LogP contribution in [-0.2, 0) is 11.3 Å². The van der Waals surface area contributed by atoms with E-state index in [-0.39, 0.29) is 11.9 Å². The molecule has 1 aliphatic heterocycles. The molecule has 2 aromatic heterocycles. The molecule has 3 amide bonds. The molecule has 1 aliphatic carbocycles. The third-order valence-electron chi connectivity index (χ3n) is 5.05. The van der Waals surface area contributed by atoms with Gasteiger partial charge in [0.25, 0.3) is 5.91 Å². The number of imide groups is 1. The second-order valence-electron chi connectivity index (χ2n) is 6.92. The molecule has 2 fully saturated rings. The molecular weight excluding hydrogens is 364 g/mol. The molecule has 2 aliphatic rings. The van der Waals surface area contributed by atoms with E-state index in [0.717, 1.165) is 36.4 Å². The molecule has 9 heteroatoms. The number of thiazole rings is 1. The van der Waals surface area contributed by atoms with Crippen LogP contribution in [0.2, 0.25) is 0 Å². The molecule has 27 heavy (non-hydrogen) atoms. The van der Waals surface area contributed by atoms with Crippen LogP contribution >= 0.6 is 11.3 Å². The quantitative estimate of drug-likeness (QED) is 0.557. The first-order valence-electron chi connectivity index (χ1n) is 9.25. The summed E-state index contributed by atoms with van der Waals surface area (Å²) in [6.45, 7) is 1.78. The average Bonchev–Trinajstić information content (AvgIpc) is 3.39.